The lowest BCUT2D eigenvalue weighted by Gasteiger charge is -2.12. The molecule has 0 bridgehead atoms. The van der Waals surface area contributed by atoms with Gasteiger partial charge in [-0.15, -0.1) is 0 Å². The summed E-state index contributed by atoms with van der Waals surface area (Å²) in [6.07, 6.45) is 5.33. The van der Waals surface area contributed by atoms with Crippen LogP contribution in [0.25, 0.3) is 0 Å². The number of ether oxygens (including phenoxy) is 1. The Kier molecular flexibility index (Phi) is 4.98. The standard InChI is InChI=1S/C13H19BO3S/c1-17-13-7-6-10(8-12(13)14(15)16)9-18-11-4-2-3-5-11/h6-8,11,15-16H,2-5,9H2,1H3. The van der Waals surface area contributed by atoms with Gasteiger partial charge in [-0.05, 0) is 24.5 Å². The summed E-state index contributed by atoms with van der Waals surface area (Å²) in [6, 6.07) is 5.62. The van der Waals surface area contributed by atoms with Gasteiger partial charge in [0.1, 0.15) is 5.75 Å². The van der Waals surface area contributed by atoms with E-state index in [0.717, 1.165) is 16.6 Å². The molecule has 2 N–H and O–H groups in total. The number of rotatable bonds is 5. The third-order valence-corrected chi connectivity index (χ3v) is 4.80. The van der Waals surface area contributed by atoms with E-state index in [4.69, 9.17) is 4.74 Å². The van der Waals surface area contributed by atoms with Crippen molar-refractivity contribution in [3.8, 4) is 5.75 Å². The zero-order chi connectivity index (χ0) is 13.0. The van der Waals surface area contributed by atoms with Crippen molar-refractivity contribution in [1.29, 1.82) is 0 Å². The van der Waals surface area contributed by atoms with Crippen molar-refractivity contribution in [2.45, 2.75) is 36.7 Å². The van der Waals surface area contributed by atoms with Crippen LogP contribution in [0.4, 0.5) is 0 Å². The van der Waals surface area contributed by atoms with E-state index < -0.39 is 7.12 Å². The average Bonchev–Trinajstić information content (AvgIpc) is 2.89. The molecule has 5 heteroatoms. The largest absolute Gasteiger partial charge is 0.497 e. The molecule has 0 spiro atoms. The monoisotopic (exact) mass is 266 g/mol. The summed E-state index contributed by atoms with van der Waals surface area (Å²) < 4.78 is 5.11. The maximum Gasteiger partial charge on any atom is 0.492 e. The SMILES string of the molecule is COc1ccc(CSC2CCCC2)cc1B(O)O. The average molecular weight is 266 g/mol. The zero-order valence-corrected chi connectivity index (χ0v) is 11.4. The first-order valence-electron chi connectivity index (χ1n) is 6.35. The van der Waals surface area contributed by atoms with E-state index >= 15 is 0 Å². The Hall–Kier alpha value is -0.645. The van der Waals surface area contributed by atoms with E-state index in [2.05, 4.69) is 0 Å². The molecular formula is C13H19BO3S. The van der Waals surface area contributed by atoms with Gasteiger partial charge in [0.05, 0.1) is 7.11 Å². The molecule has 18 heavy (non-hydrogen) atoms. The molecule has 3 nitrogen and oxygen atoms in total. The molecule has 1 aromatic carbocycles. The van der Waals surface area contributed by atoms with E-state index in [1.165, 1.54) is 32.8 Å². The van der Waals surface area contributed by atoms with Crippen LogP contribution < -0.4 is 10.2 Å². The summed E-state index contributed by atoms with van der Waals surface area (Å²) in [5.74, 6) is 1.45. The highest BCUT2D eigenvalue weighted by Gasteiger charge is 2.19. The molecule has 0 aromatic heterocycles. The predicted octanol–water partition coefficient (Wildman–Crippen LogP) is 1.55. The molecule has 1 aromatic rings. The topological polar surface area (TPSA) is 49.7 Å². The lowest BCUT2D eigenvalue weighted by atomic mass is 9.79. The minimum absolute atomic E-state index is 0.446. The Morgan fingerprint density at radius 2 is 2.06 bits per heavy atom. The summed E-state index contributed by atoms with van der Waals surface area (Å²) in [5, 5.41) is 19.4. The van der Waals surface area contributed by atoms with Crippen molar-refractivity contribution in [1.82, 2.24) is 0 Å². The predicted molar refractivity (Wildman–Crippen MR) is 76.4 cm³/mol. The van der Waals surface area contributed by atoms with E-state index in [-0.39, 0.29) is 0 Å². The quantitative estimate of drug-likeness (QED) is 0.794. The molecule has 0 radical (unpaired) electrons. The summed E-state index contributed by atoms with van der Waals surface area (Å²) in [6.45, 7) is 0. The summed E-state index contributed by atoms with van der Waals surface area (Å²) in [7, 11) is 0.0603. The molecule has 98 valence electrons. The van der Waals surface area contributed by atoms with Crippen molar-refractivity contribution >= 4 is 24.3 Å². The number of hydrogen-bond donors (Lipinski definition) is 2. The Bertz CT molecular complexity index is 392. The smallest absolute Gasteiger partial charge is 0.492 e. The van der Waals surface area contributed by atoms with Crippen molar-refractivity contribution in [2.24, 2.45) is 0 Å². The van der Waals surface area contributed by atoms with E-state index in [0.29, 0.717) is 11.2 Å². The fourth-order valence-electron chi connectivity index (χ4n) is 2.34. The van der Waals surface area contributed by atoms with Crippen LogP contribution >= 0.6 is 11.8 Å². The first-order chi connectivity index (χ1) is 8.70. The summed E-state index contributed by atoms with van der Waals surface area (Å²) in [4.78, 5) is 0. The van der Waals surface area contributed by atoms with Crippen molar-refractivity contribution in [3.63, 3.8) is 0 Å². The van der Waals surface area contributed by atoms with Crippen LogP contribution in [0.15, 0.2) is 18.2 Å². The molecule has 0 saturated heterocycles. The van der Waals surface area contributed by atoms with Gasteiger partial charge in [-0.25, -0.2) is 0 Å². The van der Waals surface area contributed by atoms with Gasteiger partial charge < -0.3 is 14.8 Å². The van der Waals surface area contributed by atoms with Crippen LogP contribution in [0.5, 0.6) is 5.75 Å². The maximum absolute atomic E-state index is 9.31. The van der Waals surface area contributed by atoms with Crippen molar-refractivity contribution < 1.29 is 14.8 Å². The second-order valence-corrected chi connectivity index (χ2v) is 5.96. The molecule has 1 fully saturated rings. The highest BCUT2D eigenvalue weighted by molar-refractivity contribution is 7.99. The Balaban J connectivity index is 2.01. The third kappa shape index (κ3) is 3.43. The molecule has 1 aliphatic carbocycles. The second-order valence-electron chi connectivity index (χ2n) is 4.67. The van der Waals surface area contributed by atoms with Crippen LogP contribution in [0, 0.1) is 0 Å². The molecule has 1 saturated carbocycles. The normalized spacial score (nSPS) is 15.9. The van der Waals surface area contributed by atoms with Crippen LogP contribution in [-0.4, -0.2) is 29.5 Å². The molecular weight excluding hydrogens is 247 g/mol. The molecule has 0 aliphatic heterocycles. The van der Waals surface area contributed by atoms with Crippen LogP contribution in [0.2, 0.25) is 0 Å². The molecule has 0 heterocycles. The van der Waals surface area contributed by atoms with Crippen molar-refractivity contribution in [3.05, 3.63) is 23.8 Å². The zero-order valence-electron chi connectivity index (χ0n) is 10.6. The van der Waals surface area contributed by atoms with Gasteiger partial charge >= 0.3 is 7.12 Å². The molecule has 1 aliphatic rings. The Labute approximate surface area is 113 Å². The highest BCUT2D eigenvalue weighted by atomic mass is 32.2. The minimum Gasteiger partial charge on any atom is -0.497 e. The second kappa shape index (κ2) is 6.50. The van der Waals surface area contributed by atoms with Gasteiger partial charge in [-0.3, -0.25) is 0 Å². The van der Waals surface area contributed by atoms with Gasteiger partial charge in [-0.1, -0.05) is 25.0 Å². The number of hydrogen-bond acceptors (Lipinski definition) is 4. The van der Waals surface area contributed by atoms with Crippen molar-refractivity contribution in [2.75, 3.05) is 7.11 Å². The molecule has 0 unspecified atom stereocenters. The van der Waals surface area contributed by atoms with E-state index in [1.54, 1.807) is 6.07 Å². The number of methoxy groups -OCH3 is 1. The van der Waals surface area contributed by atoms with Crippen LogP contribution in [-0.2, 0) is 5.75 Å². The summed E-state index contributed by atoms with van der Waals surface area (Å²) in [5.41, 5.74) is 1.57. The van der Waals surface area contributed by atoms with Gasteiger partial charge in [-0.2, -0.15) is 11.8 Å². The Morgan fingerprint density at radius 3 is 2.67 bits per heavy atom. The van der Waals surface area contributed by atoms with Gasteiger partial charge in [0, 0.05) is 16.5 Å². The van der Waals surface area contributed by atoms with Crippen LogP contribution in [0.1, 0.15) is 31.2 Å². The third-order valence-electron chi connectivity index (χ3n) is 3.36. The van der Waals surface area contributed by atoms with E-state index in [9.17, 15) is 10.0 Å². The first-order valence-corrected chi connectivity index (χ1v) is 7.40. The fourth-order valence-corrected chi connectivity index (χ4v) is 3.62. The van der Waals surface area contributed by atoms with Crippen LogP contribution in [0.3, 0.4) is 0 Å². The lowest BCUT2D eigenvalue weighted by Crippen LogP contribution is -2.31. The maximum atomic E-state index is 9.31. The van der Waals surface area contributed by atoms with Gasteiger partial charge in [0.2, 0.25) is 0 Å². The van der Waals surface area contributed by atoms with Gasteiger partial charge in [0.15, 0.2) is 0 Å². The van der Waals surface area contributed by atoms with Gasteiger partial charge in [0.25, 0.3) is 0 Å². The molecule has 0 atom stereocenters. The first kappa shape index (κ1) is 13.8. The number of benzene rings is 1. The summed E-state index contributed by atoms with van der Waals surface area (Å²) >= 11 is 1.97. The fraction of sp³-hybridized carbons (Fsp3) is 0.538. The Morgan fingerprint density at radius 1 is 1.33 bits per heavy atom. The lowest BCUT2D eigenvalue weighted by molar-refractivity contribution is 0.403. The minimum atomic E-state index is -1.48. The van der Waals surface area contributed by atoms with E-state index in [1.807, 2.05) is 23.9 Å². The molecule has 2 rings (SSSR count). The number of thioether (sulfide) groups is 1. The highest BCUT2D eigenvalue weighted by Crippen LogP contribution is 2.31. The molecule has 0 amide bonds.